The molecule has 0 aliphatic rings. The number of fused-ring (bicyclic) bond motifs is 2. The summed E-state index contributed by atoms with van der Waals surface area (Å²) >= 11 is 6.42. The van der Waals surface area contributed by atoms with Crippen LogP contribution in [0.25, 0.3) is 72.4 Å². The van der Waals surface area contributed by atoms with Gasteiger partial charge in [-0.1, -0.05) is 184 Å². The number of para-hydroxylation sites is 1. The van der Waals surface area contributed by atoms with E-state index >= 15 is 0 Å². The molecule has 5 heteroatoms. The number of hydrogen-bond donors (Lipinski definition) is 0. The van der Waals surface area contributed by atoms with Crippen molar-refractivity contribution in [1.82, 2.24) is 14.5 Å². The number of imidazole rings is 1. The number of hydrogen-bond acceptors (Lipinski definition) is 3. The Morgan fingerprint density at radius 2 is 1.15 bits per heavy atom. The Labute approximate surface area is 390 Å². The third-order valence-corrected chi connectivity index (χ3v) is 12.5. The van der Waals surface area contributed by atoms with Gasteiger partial charge in [0.1, 0.15) is 0 Å². The summed E-state index contributed by atoms with van der Waals surface area (Å²) in [6, 6.07) is 46.2. The maximum Gasteiger partial charge on any atom is 2.00 e. The second kappa shape index (κ2) is 16.3. The van der Waals surface area contributed by atoms with Gasteiger partial charge < -0.3 is 17.2 Å². The molecule has 8 aromatic rings. The fourth-order valence-electron chi connectivity index (χ4n) is 8.32. The summed E-state index contributed by atoms with van der Waals surface area (Å²) in [5.74, 6) is 0.819. The molecular formula is C57H59N3PtS. The van der Waals surface area contributed by atoms with Crippen molar-refractivity contribution >= 4 is 34.6 Å². The first-order valence-corrected chi connectivity index (χ1v) is 22.0. The second-order valence-electron chi connectivity index (χ2n) is 21.1. The third-order valence-electron chi connectivity index (χ3n) is 12.0. The maximum absolute atomic E-state index is 6.42. The summed E-state index contributed by atoms with van der Waals surface area (Å²) in [4.78, 5) is 11.6. The molecule has 0 saturated heterocycles. The normalized spacial score (nSPS) is 12.5. The molecule has 0 spiro atoms. The number of rotatable bonds is 5. The van der Waals surface area contributed by atoms with E-state index in [4.69, 9.17) is 22.6 Å². The molecule has 0 aliphatic carbocycles. The molecule has 2 heterocycles. The number of pyridine rings is 1. The first kappa shape index (κ1) is 45.1. The van der Waals surface area contributed by atoms with Gasteiger partial charge in [-0.3, -0.25) is 9.97 Å². The van der Waals surface area contributed by atoms with Crippen LogP contribution in [0, 0.1) is 13.0 Å². The van der Waals surface area contributed by atoms with Crippen LogP contribution >= 0.6 is 0 Å². The monoisotopic (exact) mass is 1010 g/mol. The first-order valence-electron chi connectivity index (χ1n) is 21.6. The summed E-state index contributed by atoms with van der Waals surface area (Å²) in [6.07, 6.45) is 1.97. The Morgan fingerprint density at radius 1 is 0.532 bits per heavy atom. The number of nitrogens with zero attached hydrogens (tertiary/aromatic N) is 3. The fraction of sp³-hybridized carbons (Fsp3) is 0.298. The number of benzene rings is 6. The van der Waals surface area contributed by atoms with Gasteiger partial charge in [-0.05, 0) is 91.6 Å². The smallest absolute Gasteiger partial charge is 0.779 e. The van der Waals surface area contributed by atoms with E-state index in [1.807, 2.05) is 6.20 Å². The van der Waals surface area contributed by atoms with Crippen LogP contribution in [0.5, 0.6) is 0 Å². The van der Waals surface area contributed by atoms with E-state index < -0.39 is 0 Å². The first-order chi connectivity index (χ1) is 28.6. The zero-order valence-corrected chi connectivity index (χ0v) is 41.7. The molecule has 0 bridgehead atoms. The van der Waals surface area contributed by atoms with Crippen LogP contribution in [-0.4, -0.2) is 14.5 Å². The average molecular weight is 1010 g/mol. The van der Waals surface area contributed by atoms with Crippen LogP contribution in [0.4, 0.5) is 0 Å². The van der Waals surface area contributed by atoms with Crippen LogP contribution < -0.4 is 0 Å². The third kappa shape index (κ3) is 8.71. The maximum atomic E-state index is 6.42. The van der Waals surface area contributed by atoms with Crippen molar-refractivity contribution in [2.24, 2.45) is 0 Å². The molecule has 0 unspecified atom stereocenters. The molecule has 2 aromatic heterocycles. The Bertz CT molecular complexity index is 2950. The molecule has 0 atom stereocenters. The van der Waals surface area contributed by atoms with E-state index in [2.05, 4.69) is 216 Å². The van der Waals surface area contributed by atoms with Gasteiger partial charge in [0.25, 0.3) is 0 Å². The van der Waals surface area contributed by atoms with Gasteiger partial charge in [0, 0.05) is 23.0 Å². The minimum absolute atomic E-state index is 0. The van der Waals surface area contributed by atoms with E-state index in [9.17, 15) is 0 Å². The number of aromatic nitrogens is 3. The van der Waals surface area contributed by atoms with Gasteiger partial charge in [0.2, 0.25) is 0 Å². The van der Waals surface area contributed by atoms with Gasteiger partial charge >= 0.3 is 21.1 Å². The van der Waals surface area contributed by atoms with Crippen molar-refractivity contribution in [2.75, 3.05) is 0 Å². The largest absolute Gasteiger partial charge is 2.00 e. The fourth-order valence-corrected chi connectivity index (χ4v) is 8.85. The Hall–Kier alpha value is -4.89. The van der Waals surface area contributed by atoms with Crippen molar-refractivity contribution in [1.29, 1.82) is 0 Å². The second-order valence-corrected chi connectivity index (χ2v) is 21.5. The van der Waals surface area contributed by atoms with E-state index in [0.717, 1.165) is 82.9 Å². The minimum Gasteiger partial charge on any atom is -0.779 e. The molecule has 3 nitrogen and oxygen atoms in total. The molecule has 8 rings (SSSR count). The van der Waals surface area contributed by atoms with Crippen LogP contribution in [-0.2, 0) is 55.4 Å². The van der Waals surface area contributed by atoms with Crippen LogP contribution in [0.1, 0.15) is 111 Å². The predicted molar refractivity (Wildman–Crippen MR) is 262 cm³/mol. The van der Waals surface area contributed by atoms with Crippen LogP contribution in [0.15, 0.2) is 126 Å². The van der Waals surface area contributed by atoms with Crippen molar-refractivity contribution in [3.63, 3.8) is 0 Å². The molecule has 6 aromatic carbocycles. The van der Waals surface area contributed by atoms with Gasteiger partial charge in [-0.2, -0.15) is 4.90 Å². The molecule has 0 amide bonds. The van der Waals surface area contributed by atoms with Gasteiger partial charge in [0.15, 0.2) is 0 Å². The average Bonchev–Trinajstić information content (AvgIpc) is 3.59. The van der Waals surface area contributed by atoms with Crippen molar-refractivity contribution < 1.29 is 21.1 Å². The molecule has 0 fully saturated rings. The standard InChI is InChI=1S/C57H60N3S.Pt/c1-35-26-39-30-42(55(5,6)7)31-46(50(39)58-34-35)38-27-37(36-18-15-14-16-19-36)28-40(29-38)53-59-51-45(47-32-43(56(8,9)10)33-48(52(47)61)57(11,12)13)20-17-21-49(51)60(53)44-24-22-41(23-25-44)54(2,3)4;/h14-28,30-34,61H,1-13H3;/q-1;+2/p-1. The van der Waals surface area contributed by atoms with Gasteiger partial charge in [-0.15, -0.1) is 23.8 Å². The molecule has 0 saturated carbocycles. The van der Waals surface area contributed by atoms with Gasteiger partial charge in [-0.25, -0.2) is 0 Å². The predicted octanol–water partition coefficient (Wildman–Crippen LogP) is 15.4. The Balaban J connectivity index is 0.00000578. The van der Waals surface area contributed by atoms with Gasteiger partial charge in [0.05, 0.1) is 16.9 Å². The van der Waals surface area contributed by atoms with Crippen molar-refractivity contribution in [3.8, 4) is 50.5 Å². The molecule has 0 aliphatic heterocycles. The summed E-state index contributed by atoms with van der Waals surface area (Å²) < 4.78 is 2.32. The minimum atomic E-state index is -0.133. The molecule has 318 valence electrons. The summed E-state index contributed by atoms with van der Waals surface area (Å²) in [5.41, 5.74) is 17.0. The van der Waals surface area contributed by atoms with E-state index in [0.29, 0.717) is 0 Å². The van der Waals surface area contributed by atoms with Crippen LogP contribution in [0.3, 0.4) is 0 Å². The topological polar surface area (TPSA) is 30.7 Å². The van der Waals surface area contributed by atoms with E-state index in [1.165, 1.54) is 22.3 Å². The zero-order chi connectivity index (χ0) is 43.8. The molecular weight excluding hydrogens is 954 g/mol. The van der Waals surface area contributed by atoms with Crippen molar-refractivity contribution in [3.05, 3.63) is 155 Å². The van der Waals surface area contributed by atoms with Crippen molar-refractivity contribution in [2.45, 2.75) is 117 Å². The number of aryl methyl sites for hydroxylation is 1. The van der Waals surface area contributed by atoms with E-state index in [-0.39, 0.29) is 42.7 Å². The molecule has 0 N–H and O–H groups in total. The van der Waals surface area contributed by atoms with Crippen LogP contribution in [0.2, 0.25) is 0 Å². The molecule has 62 heavy (non-hydrogen) atoms. The zero-order valence-electron chi connectivity index (χ0n) is 38.6. The Kier molecular flexibility index (Phi) is 11.9. The summed E-state index contributed by atoms with van der Waals surface area (Å²) in [7, 11) is 0. The Morgan fingerprint density at radius 3 is 1.77 bits per heavy atom. The molecule has 0 radical (unpaired) electrons. The van der Waals surface area contributed by atoms with E-state index in [1.54, 1.807) is 0 Å². The summed E-state index contributed by atoms with van der Waals surface area (Å²) in [6.45, 7) is 29.3. The SMILES string of the molecule is Cc1cnc2c(-c3[c-]c(-c4nc5c(-c6cc(C(C)(C)C)cc(C(C)(C)C)c6[S-])cccc5n4-c4ccc(C(C)(C)C)cc4)cc(-c4ccccc4)c3)cc(C(C)(C)C)cc2c1.[Pt+2]. The summed E-state index contributed by atoms with van der Waals surface area (Å²) in [5, 5.41) is 1.13. The quantitative estimate of drug-likeness (QED) is 0.127.